The van der Waals surface area contributed by atoms with E-state index in [2.05, 4.69) is 0 Å². The maximum absolute atomic E-state index is 10.8. The third-order valence-corrected chi connectivity index (χ3v) is 2.66. The molecule has 2 aromatic rings. The van der Waals surface area contributed by atoms with Gasteiger partial charge in [0, 0.05) is 11.6 Å². The third-order valence-electron chi connectivity index (χ3n) is 2.66. The van der Waals surface area contributed by atoms with Gasteiger partial charge in [-0.25, -0.2) is 0 Å². The summed E-state index contributed by atoms with van der Waals surface area (Å²) in [6.45, 7) is 0. The first-order chi connectivity index (χ1) is 8.63. The molecule has 18 heavy (non-hydrogen) atoms. The van der Waals surface area contributed by atoms with E-state index in [9.17, 15) is 10.1 Å². The molecule has 0 fully saturated rings. The van der Waals surface area contributed by atoms with Crippen LogP contribution in [0.1, 0.15) is 0 Å². The second kappa shape index (κ2) is 4.75. The van der Waals surface area contributed by atoms with Gasteiger partial charge in [0.05, 0.1) is 12.0 Å². The highest BCUT2D eigenvalue weighted by atomic mass is 16.6. The number of nitro benzene ring substituents is 1. The SMILES string of the molecule is COc1cccc(-c2cccc([N+](=O)[O-])c2N)c1. The third kappa shape index (κ3) is 2.10. The highest BCUT2D eigenvalue weighted by molar-refractivity contribution is 5.82. The highest BCUT2D eigenvalue weighted by Crippen LogP contribution is 2.34. The predicted octanol–water partition coefficient (Wildman–Crippen LogP) is 2.85. The van der Waals surface area contributed by atoms with Crippen molar-refractivity contribution in [2.24, 2.45) is 0 Å². The fraction of sp³-hybridized carbons (Fsp3) is 0.0769. The van der Waals surface area contributed by atoms with Crippen LogP contribution in [0.15, 0.2) is 42.5 Å². The molecule has 0 heterocycles. The number of nitrogens with zero attached hydrogens (tertiary/aromatic N) is 1. The van der Waals surface area contributed by atoms with E-state index < -0.39 is 4.92 Å². The summed E-state index contributed by atoms with van der Waals surface area (Å²) in [6.07, 6.45) is 0. The minimum absolute atomic E-state index is 0.0877. The molecule has 0 aromatic heterocycles. The van der Waals surface area contributed by atoms with Gasteiger partial charge in [0.1, 0.15) is 11.4 Å². The number of anilines is 1. The molecule has 0 aliphatic rings. The lowest BCUT2D eigenvalue weighted by molar-refractivity contribution is -0.383. The maximum atomic E-state index is 10.8. The normalized spacial score (nSPS) is 10.1. The second-order valence-electron chi connectivity index (χ2n) is 3.73. The number of hydrogen-bond donors (Lipinski definition) is 1. The van der Waals surface area contributed by atoms with Crippen molar-refractivity contribution in [2.45, 2.75) is 0 Å². The van der Waals surface area contributed by atoms with Crippen LogP contribution in [0.4, 0.5) is 11.4 Å². The summed E-state index contributed by atoms with van der Waals surface area (Å²) in [5.41, 5.74) is 7.32. The molecule has 0 saturated heterocycles. The Morgan fingerprint density at radius 1 is 1.22 bits per heavy atom. The largest absolute Gasteiger partial charge is 0.497 e. The van der Waals surface area contributed by atoms with Gasteiger partial charge < -0.3 is 10.5 Å². The molecule has 2 rings (SSSR count). The van der Waals surface area contributed by atoms with Crippen LogP contribution < -0.4 is 10.5 Å². The molecule has 5 heteroatoms. The average molecular weight is 244 g/mol. The number of nitro groups is 1. The zero-order chi connectivity index (χ0) is 13.1. The van der Waals surface area contributed by atoms with E-state index in [-0.39, 0.29) is 11.4 Å². The Hall–Kier alpha value is -2.56. The molecule has 0 unspecified atom stereocenters. The van der Waals surface area contributed by atoms with Gasteiger partial charge in [0.2, 0.25) is 0 Å². The number of methoxy groups -OCH3 is 1. The molecule has 0 spiro atoms. The number of para-hydroxylation sites is 1. The number of ether oxygens (including phenoxy) is 1. The standard InChI is InChI=1S/C13H12N2O3/c1-18-10-5-2-4-9(8-10)11-6-3-7-12(13(11)14)15(16)17/h2-8H,14H2,1H3. The van der Waals surface area contributed by atoms with Gasteiger partial charge in [-0.15, -0.1) is 0 Å². The molecule has 92 valence electrons. The van der Waals surface area contributed by atoms with E-state index in [1.807, 2.05) is 12.1 Å². The van der Waals surface area contributed by atoms with Crippen molar-refractivity contribution in [2.75, 3.05) is 12.8 Å². The van der Waals surface area contributed by atoms with Gasteiger partial charge in [0.25, 0.3) is 5.69 Å². The van der Waals surface area contributed by atoms with Crippen molar-refractivity contribution in [3.63, 3.8) is 0 Å². The van der Waals surface area contributed by atoms with E-state index in [1.54, 1.807) is 31.4 Å². The maximum Gasteiger partial charge on any atom is 0.292 e. The molecule has 2 aromatic carbocycles. The average Bonchev–Trinajstić information content (AvgIpc) is 2.38. The number of nitrogens with two attached hydrogens (primary N) is 1. The minimum Gasteiger partial charge on any atom is -0.497 e. The smallest absolute Gasteiger partial charge is 0.292 e. The Balaban J connectivity index is 2.57. The van der Waals surface area contributed by atoms with Gasteiger partial charge in [-0.1, -0.05) is 24.3 Å². The van der Waals surface area contributed by atoms with Gasteiger partial charge in [0.15, 0.2) is 0 Å². The summed E-state index contributed by atoms with van der Waals surface area (Å²) in [4.78, 5) is 10.3. The Labute approximate surface area is 104 Å². The number of hydrogen-bond acceptors (Lipinski definition) is 4. The van der Waals surface area contributed by atoms with Crippen molar-refractivity contribution >= 4 is 11.4 Å². The fourth-order valence-electron chi connectivity index (χ4n) is 1.75. The van der Waals surface area contributed by atoms with Crippen molar-refractivity contribution in [3.8, 4) is 16.9 Å². The lowest BCUT2D eigenvalue weighted by atomic mass is 10.0. The van der Waals surface area contributed by atoms with Gasteiger partial charge >= 0.3 is 0 Å². The van der Waals surface area contributed by atoms with Gasteiger partial charge in [-0.3, -0.25) is 10.1 Å². The van der Waals surface area contributed by atoms with Crippen molar-refractivity contribution in [1.29, 1.82) is 0 Å². The summed E-state index contributed by atoms with van der Waals surface area (Å²) in [5, 5.41) is 10.8. The van der Waals surface area contributed by atoms with Crippen LogP contribution in [-0.4, -0.2) is 12.0 Å². The van der Waals surface area contributed by atoms with Crippen LogP contribution in [0, 0.1) is 10.1 Å². The van der Waals surface area contributed by atoms with E-state index in [1.165, 1.54) is 6.07 Å². The molecule has 2 N–H and O–H groups in total. The van der Waals surface area contributed by atoms with Crippen LogP contribution in [0.2, 0.25) is 0 Å². The summed E-state index contributed by atoms with van der Waals surface area (Å²) < 4.78 is 5.12. The van der Waals surface area contributed by atoms with Crippen molar-refractivity contribution in [1.82, 2.24) is 0 Å². The molecule has 0 saturated carbocycles. The Morgan fingerprint density at radius 3 is 2.61 bits per heavy atom. The molecule has 0 amide bonds. The van der Waals surface area contributed by atoms with Crippen LogP contribution in [-0.2, 0) is 0 Å². The molecule has 0 aliphatic heterocycles. The van der Waals surface area contributed by atoms with Crippen LogP contribution in [0.3, 0.4) is 0 Å². The summed E-state index contributed by atoms with van der Waals surface area (Å²) in [6, 6.07) is 12.0. The number of nitrogen functional groups attached to an aromatic ring is 1. The Kier molecular flexibility index (Phi) is 3.14. The second-order valence-corrected chi connectivity index (χ2v) is 3.73. The molecular weight excluding hydrogens is 232 g/mol. The monoisotopic (exact) mass is 244 g/mol. The van der Waals surface area contributed by atoms with E-state index in [0.717, 1.165) is 5.56 Å². The van der Waals surface area contributed by atoms with Gasteiger partial charge in [-0.05, 0) is 17.7 Å². The first-order valence-corrected chi connectivity index (χ1v) is 5.31. The van der Waals surface area contributed by atoms with E-state index >= 15 is 0 Å². The molecule has 0 atom stereocenters. The van der Waals surface area contributed by atoms with Crippen molar-refractivity contribution in [3.05, 3.63) is 52.6 Å². The van der Waals surface area contributed by atoms with Crippen LogP contribution in [0.25, 0.3) is 11.1 Å². The molecular formula is C13H12N2O3. The molecule has 0 bridgehead atoms. The first-order valence-electron chi connectivity index (χ1n) is 5.31. The number of benzene rings is 2. The molecule has 0 radical (unpaired) electrons. The predicted molar refractivity (Wildman–Crippen MR) is 69.5 cm³/mol. The topological polar surface area (TPSA) is 78.4 Å². The fourth-order valence-corrected chi connectivity index (χ4v) is 1.75. The zero-order valence-electron chi connectivity index (χ0n) is 9.79. The summed E-state index contributed by atoms with van der Waals surface area (Å²) >= 11 is 0. The van der Waals surface area contributed by atoms with E-state index in [4.69, 9.17) is 10.5 Å². The van der Waals surface area contributed by atoms with Crippen LogP contribution >= 0.6 is 0 Å². The first kappa shape index (κ1) is 11.9. The molecule has 5 nitrogen and oxygen atoms in total. The Bertz CT molecular complexity index is 597. The molecule has 0 aliphatic carbocycles. The number of rotatable bonds is 3. The van der Waals surface area contributed by atoms with Gasteiger partial charge in [-0.2, -0.15) is 0 Å². The lowest BCUT2D eigenvalue weighted by Crippen LogP contribution is -1.97. The minimum atomic E-state index is -0.487. The summed E-state index contributed by atoms with van der Waals surface area (Å²) in [5.74, 6) is 0.679. The Morgan fingerprint density at radius 2 is 1.94 bits per heavy atom. The van der Waals surface area contributed by atoms with Crippen molar-refractivity contribution < 1.29 is 9.66 Å². The van der Waals surface area contributed by atoms with E-state index in [0.29, 0.717) is 11.3 Å². The zero-order valence-corrected chi connectivity index (χ0v) is 9.79. The van der Waals surface area contributed by atoms with Crippen LogP contribution in [0.5, 0.6) is 5.75 Å². The lowest BCUT2D eigenvalue weighted by Gasteiger charge is -2.07. The summed E-state index contributed by atoms with van der Waals surface area (Å²) in [7, 11) is 1.57. The quantitative estimate of drug-likeness (QED) is 0.511. The highest BCUT2D eigenvalue weighted by Gasteiger charge is 2.15.